The minimum atomic E-state index is -0.488. The summed E-state index contributed by atoms with van der Waals surface area (Å²) in [6.07, 6.45) is 0. The number of thiophene rings is 1. The summed E-state index contributed by atoms with van der Waals surface area (Å²) in [6, 6.07) is 23.2. The number of carbonyl (C=O) groups excluding carboxylic acids is 2. The van der Waals surface area contributed by atoms with Gasteiger partial charge >= 0.3 is 0 Å². The highest BCUT2D eigenvalue weighted by atomic mass is 32.1. The molecule has 0 aliphatic heterocycles. The minimum Gasteiger partial charge on any atom is -0.457 e. The maximum absolute atomic E-state index is 12.6. The van der Waals surface area contributed by atoms with E-state index in [2.05, 4.69) is 10.7 Å². The zero-order valence-electron chi connectivity index (χ0n) is 15.9. The predicted molar refractivity (Wildman–Crippen MR) is 119 cm³/mol. The summed E-state index contributed by atoms with van der Waals surface area (Å²) in [7, 11) is 0. The van der Waals surface area contributed by atoms with Gasteiger partial charge in [-0.3, -0.25) is 9.59 Å². The molecule has 3 aromatic carbocycles. The third-order valence-corrected chi connectivity index (χ3v) is 5.15. The van der Waals surface area contributed by atoms with Gasteiger partial charge in [-0.25, -0.2) is 0 Å². The van der Waals surface area contributed by atoms with Crippen molar-refractivity contribution in [1.82, 2.24) is 0 Å². The summed E-state index contributed by atoms with van der Waals surface area (Å²) >= 11 is 1.64. The quantitative estimate of drug-likeness (QED) is 0.433. The average molecular weight is 414 g/mol. The number of benzene rings is 3. The molecular formula is C24H18N2O3S. The summed E-state index contributed by atoms with van der Waals surface area (Å²) in [5, 5.41) is 7.02. The lowest BCUT2D eigenvalue weighted by Crippen LogP contribution is -2.11. The third-order valence-electron chi connectivity index (χ3n) is 4.47. The fourth-order valence-corrected chi connectivity index (χ4v) is 3.57. The van der Waals surface area contributed by atoms with Crippen molar-refractivity contribution in [3.8, 4) is 22.6 Å². The first kappa shape index (κ1) is 19.4. The number of hydrogen-bond acceptors (Lipinski definition) is 4. The maximum Gasteiger partial charge on any atom is 0.255 e. The summed E-state index contributed by atoms with van der Waals surface area (Å²) < 4.78 is 5.74. The smallest absolute Gasteiger partial charge is 0.255 e. The van der Waals surface area contributed by atoms with Crippen LogP contribution in [0.3, 0.4) is 0 Å². The summed E-state index contributed by atoms with van der Waals surface area (Å²) in [5.41, 5.74) is 9.08. The second-order valence-corrected chi connectivity index (χ2v) is 7.34. The highest BCUT2D eigenvalue weighted by Crippen LogP contribution is 2.26. The molecule has 5 nitrogen and oxygen atoms in total. The van der Waals surface area contributed by atoms with Crippen molar-refractivity contribution >= 4 is 28.8 Å². The van der Waals surface area contributed by atoms with Crippen LogP contribution in [-0.2, 0) is 0 Å². The zero-order chi connectivity index (χ0) is 20.9. The van der Waals surface area contributed by atoms with Gasteiger partial charge in [-0.2, -0.15) is 11.3 Å². The number of nitrogens with two attached hydrogens (primary N) is 1. The monoisotopic (exact) mass is 414 g/mol. The lowest BCUT2D eigenvalue weighted by Gasteiger charge is -2.09. The van der Waals surface area contributed by atoms with Crippen molar-refractivity contribution < 1.29 is 14.3 Å². The van der Waals surface area contributed by atoms with Crippen molar-refractivity contribution in [3.05, 3.63) is 101 Å². The molecule has 1 aromatic heterocycles. The topological polar surface area (TPSA) is 81.4 Å². The van der Waals surface area contributed by atoms with E-state index >= 15 is 0 Å². The van der Waals surface area contributed by atoms with Gasteiger partial charge in [-0.15, -0.1) is 0 Å². The molecule has 4 rings (SSSR count). The fraction of sp³-hybridized carbons (Fsp3) is 0. The van der Waals surface area contributed by atoms with Gasteiger partial charge in [0.25, 0.3) is 5.91 Å². The highest BCUT2D eigenvalue weighted by molar-refractivity contribution is 7.08. The van der Waals surface area contributed by atoms with Gasteiger partial charge in [-0.05, 0) is 88.6 Å². The van der Waals surface area contributed by atoms with Crippen LogP contribution in [0.2, 0.25) is 0 Å². The summed E-state index contributed by atoms with van der Waals surface area (Å²) in [4.78, 5) is 23.7. The van der Waals surface area contributed by atoms with E-state index in [4.69, 9.17) is 10.5 Å². The van der Waals surface area contributed by atoms with Crippen LogP contribution in [0, 0.1) is 0 Å². The van der Waals surface area contributed by atoms with Crippen molar-refractivity contribution in [1.29, 1.82) is 0 Å². The van der Waals surface area contributed by atoms with Crippen LogP contribution in [0.4, 0.5) is 5.69 Å². The van der Waals surface area contributed by atoms with Gasteiger partial charge in [0, 0.05) is 16.8 Å². The molecule has 4 aromatic rings. The molecule has 1 heterocycles. The van der Waals surface area contributed by atoms with Gasteiger partial charge in [-0.1, -0.05) is 12.1 Å². The Hall–Kier alpha value is -3.90. The van der Waals surface area contributed by atoms with Crippen LogP contribution < -0.4 is 15.8 Å². The van der Waals surface area contributed by atoms with E-state index in [0.717, 1.165) is 16.8 Å². The van der Waals surface area contributed by atoms with Crippen molar-refractivity contribution in [2.24, 2.45) is 5.73 Å². The van der Waals surface area contributed by atoms with E-state index in [0.29, 0.717) is 22.6 Å². The number of nitrogens with one attached hydrogen (secondary N) is 1. The molecule has 30 heavy (non-hydrogen) atoms. The second-order valence-electron chi connectivity index (χ2n) is 6.56. The van der Waals surface area contributed by atoms with Crippen LogP contribution >= 0.6 is 11.3 Å². The molecule has 0 bridgehead atoms. The number of primary amides is 1. The van der Waals surface area contributed by atoms with Crippen molar-refractivity contribution in [2.45, 2.75) is 0 Å². The fourth-order valence-electron chi connectivity index (χ4n) is 2.91. The predicted octanol–water partition coefficient (Wildman–Crippen LogP) is 5.56. The van der Waals surface area contributed by atoms with Crippen LogP contribution in [0.5, 0.6) is 11.5 Å². The normalized spacial score (nSPS) is 10.4. The number of anilines is 1. The lowest BCUT2D eigenvalue weighted by atomic mass is 10.1. The molecule has 3 N–H and O–H groups in total. The molecule has 0 unspecified atom stereocenters. The van der Waals surface area contributed by atoms with Crippen molar-refractivity contribution in [3.63, 3.8) is 0 Å². The minimum absolute atomic E-state index is 0.199. The molecule has 0 spiro atoms. The molecule has 0 saturated carbocycles. The Morgan fingerprint density at radius 3 is 2.07 bits per heavy atom. The molecule has 148 valence electrons. The van der Waals surface area contributed by atoms with Crippen molar-refractivity contribution in [2.75, 3.05) is 5.32 Å². The van der Waals surface area contributed by atoms with E-state index in [9.17, 15) is 9.59 Å². The average Bonchev–Trinajstić information content (AvgIpc) is 3.30. The molecule has 0 atom stereocenters. The Bertz CT molecular complexity index is 1170. The molecular weight excluding hydrogens is 396 g/mol. The molecule has 0 fully saturated rings. The standard InChI is InChI=1S/C24H18N2O3S/c25-23(27)16-4-8-21(9-5-16)29-22-10-6-17(7-11-22)24(28)26-20-3-1-2-18(14-20)19-12-13-30-15-19/h1-15H,(H2,25,27)(H,26,28). The molecule has 0 aliphatic rings. The number of amides is 2. The first-order chi connectivity index (χ1) is 14.6. The highest BCUT2D eigenvalue weighted by Gasteiger charge is 2.08. The molecule has 6 heteroatoms. The van der Waals surface area contributed by atoms with E-state index in [-0.39, 0.29) is 5.91 Å². The Balaban J connectivity index is 1.42. The molecule has 0 radical (unpaired) electrons. The zero-order valence-corrected chi connectivity index (χ0v) is 16.7. The van der Waals surface area contributed by atoms with Gasteiger partial charge in [0.15, 0.2) is 0 Å². The Kier molecular flexibility index (Phi) is 5.59. The molecule has 0 aliphatic carbocycles. The second kappa shape index (κ2) is 8.63. The number of hydrogen-bond donors (Lipinski definition) is 2. The van der Waals surface area contributed by atoms with Gasteiger partial charge in [0.2, 0.25) is 5.91 Å². The number of rotatable bonds is 6. The van der Waals surface area contributed by atoms with E-state index in [1.54, 1.807) is 59.9 Å². The summed E-state index contributed by atoms with van der Waals surface area (Å²) in [5.74, 6) is 0.466. The maximum atomic E-state index is 12.6. The summed E-state index contributed by atoms with van der Waals surface area (Å²) in [6.45, 7) is 0. The van der Waals surface area contributed by atoms with E-state index < -0.39 is 5.91 Å². The Morgan fingerprint density at radius 2 is 1.47 bits per heavy atom. The number of carbonyl (C=O) groups is 2. The lowest BCUT2D eigenvalue weighted by molar-refractivity contribution is 0.0997. The van der Waals surface area contributed by atoms with E-state index in [1.807, 2.05) is 35.7 Å². The van der Waals surface area contributed by atoms with Crippen LogP contribution in [-0.4, -0.2) is 11.8 Å². The largest absolute Gasteiger partial charge is 0.457 e. The Labute approximate surface area is 177 Å². The number of ether oxygens (including phenoxy) is 1. The third kappa shape index (κ3) is 4.56. The van der Waals surface area contributed by atoms with Crippen LogP contribution in [0.25, 0.3) is 11.1 Å². The van der Waals surface area contributed by atoms with Gasteiger partial charge < -0.3 is 15.8 Å². The SMILES string of the molecule is NC(=O)c1ccc(Oc2ccc(C(=O)Nc3cccc(-c4ccsc4)c3)cc2)cc1. The first-order valence-electron chi connectivity index (χ1n) is 9.20. The molecule has 0 saturated heterocycles. The van der Waals surface area contributed by atoms with Crippen LogP contribution in [0.1, 0.15) is 20.7 Å². The first-order valence-corrected chi connectivity index (χ1v) is 10.1. The molecule has 2 amide bonds. The van der Waals surface area contributed by atoms with Crippen LogP contribution in [0.15, 0.2) is 89.6 Å². The van der Waals surface area contributed by atoms with Gasteiger partial charge in [0.05, 0.1) is 0 Å². The Morgan fingerprint density at radius 1 is 0.800 bits per heavy atom. The van der Waals surface area contributed by atoms with Gasteiger partial charge in [0.1, 0.15) is 11.5 Å². The van der Waals surface area contributed by atoms with E-state index in [1.165, 1.54) is 0 Å².